The molecule has 334 valence electrons. The summed E-state index contributed by atoms with van der Waals surface area (Å²) >= 11 is 0. The summed E-state index contributed by atoms with van der Waals surface area (Å²) in [5, 5.41) is 10.0. The Morgan fingerprint density at radius 1 is 1.11 bits per heavy atom. The first kappa shape index (κ1) is 44.6. The molecule has 15 nitrogen and oxygen atoms in total. The fraction of sp³-hybridized carbons (Fsp3) is 0.667. The molecule has 0 spiro atoms. The lowest BCUT2D eigenvalue weighted by Crippen LogP contribution is -2.60. The van der Waals surface area contributed by atoms with Gasteiger partial charge in [-0.1, -0.05) is 65.7 Å². The summed E-state index contributed by atoms with van der Waals surface area (Å²) in [6.07, 6.45) is 6.68. The van der Waals surface area contributed by atoms with E-state index in [1.165, 1.54) is 11.0 Å². The Hall–Kier alpha value is -4.44. The third-order valence-corrected chi connectivity index (χ3v) is 15.2. The van der Waals surface area contributed by atoms with Gasteiger partial charge in [0.15, 0.2) is 0 Å². The first-order valence-corrected chi connectivity index (χ1v) is 23.6. The lowest BCUT2D eigenvalue weighted by Gasteiger charge is -2.35. The quantitative estimate of drug-likeness (QED) is 0.165. The number of amides is 4. The number of benzene rings is 1. The molecule has 3 saturated carbocycles. The normalized spacial score (nSPS) is 28.8. The highest BCUT2D eigenvalue weighted by molar-refractivity contribution is 7.91. The number of alkyl carbamates (subject to hydrolysis) is 1. The molecule has 3 aliphatic carbocycles. The van der Waals surface area contributed by atoms with Crippen LogP contribution in [0.25, 0.3) is 10.9 Å². The molecule has 4 amide bonds. The zero-order valence-electron chi connectivity index (χ0n) is 36.5. The number of hydrogen-bond acceptors (Lipinski definition) is 11. The minimum atomic E-state index is -4.01. The molecule has 1 aromatic carbocycles. The number of nitrogens with one attached hydrogen (secondary N) is 4. The molecule has 61 heavy (non-hydrogen) atoms. The topological polar surface area (TPSA) is 194 Å². The maximum Gasteiger partial charge on any atom is 0.408 e. The van der Waals surface area contributed by atoms with Crippen molar-refractivity contribution in [1.29, 1.82) is 0 Å². The number of sulfonamides is 1. The van der Waals surface area contributed by atoms with Crippen LogP contribution in [0.1, 0.15) is 111 Å². The monoisotopic (exact) mass is 864 g/mol. The molecule has 16 heteroatoms. The molecule has 0 unspecified atom stereocenters. The van der Waals surface area contributed by atoms with Crippen molar-refractivity contribution in [3.8, 4) is 11.6 Å². The predicted octanol–water partition coefficient (Wildman–Crippen LogP) is 5.06. The molecule has 2 aromatic rings. The van der Waals surface area contributed by atoms with Gasteiger partial charge in [-0.05, 0) is 88.3 Å². The third kappa shape index (κ3) is 9.80. The van der Waals surface area contributed by atoms with Crippen LogP contribution in [0.2, 0.25) is 0 Å². The van der Waals surface area contributed by atoms with Crippen molar-refractivity contribution in [3.05, 3.63) is 42.5 Å². The number of nitrogens with zero attached hydrogens (tertiary/aromatic N) is 2. The lowest BCUT2D eigenvalue weighted by molar-refractivity contribution is -0.142. The van der Waals surface area contributed by atoms with Crippen molar-refractivity contribution in [2.24, 2.45) is 17.3 Å². The number of hydrogen-bond donors (Lipinski definition) is 4. The number of carbonyl (C=O) groups is 4. The molecule has 7 atom stereocenters. The number of fused-ring (bicyclic) bond motifs is 5. The third-order valence-electron chi connectivity index (χ3n) is 13.0. The van der Waals surface area contributed by atoms with Crippen molar-refractivity contribution in [2.75, 3.05) is 19.7 Å². The molecule has 7 rings (SSSR count). The van der Waals surface area contributed by atoms with E-state index in [0.29, 0.717) is 49.1 Å². The number of carbonyl (C=O) groups excluding carboxylic acids is 4. The second kappa shape index (κ2) is 17.4. The van der Waals surface area contributed by atoms with Gasteiger partial charge in [-0.15, -0.1) is 6.58 Å². The zero-order chi connectivity index (χ0) is 43.9. The van der Waals surface area contributed by atoms with E-state index in [2.05, 4.69) is 41.1 Å². The maximum atomic E-state index is 14.8. The van der Waals surface area contributed by atoms with Crippen molar-refractivity contribution in [1.82, 2.24) is 30.6 Å². The SMILES string of the molecule is C=C[C@@H]1C[C@]1(NC(=O)[C@@H]1C[C@@H]2CN1C(=O)[C@H](C(C)(C)C)NC(=O)O[C@@H]1C[C@H]1CCCCCc1c(nc3ccccc3c1OCCCNC(C)C)O2)C(=O)NS(=O)(=O)C1(C)CC1. The molecule has 1 saturated heterocycles. The van der Waals surface area contributed by atoms with Gasteiger partial charge in [-0.25, -0.2) is 18.2 Å². The van der Waals surface area contributed by atoms with Crippen molar-refractivity contribution < 1.29 is 41.8 Å². The van der Waals surface area contributed by atoms with E-state index in [1.807, 2.05) is 45.0 Å². The molecule has 1 aromatic heterocycles. The van der Waals surface area contributed by atoms with Crippen LogP contribution in [-0.2, 0) is 35.6 Å². The number of para-hydroxylation sites is 1. The van der Waals surface area contributed by atoms with Gasteiger partial charge in [-0.2, -0.15) is 0 Å². The largest absolute Gasteiger partial charge is 0.492 e. The van der Waals surface area contributed by atoms with Crippen LogP contribution < -0.4 is 30.1 Å². The van der Waals surface area contributed by atoms with Gasteiger partial charge in [0.1, 0.15) is 35.6 Å². The molecular formula is C45H64N6O9S. The fourth-order valence-corrected chi connectivity index (χ4v) is 9.94. The molecule has 2 bridgehead atoms. The van der Waals surface area contributed by atoms with Crippen LogP contribution in [0, 0.1) is 17.3 Å². The van der Waals surface area contributed by atoms with Gasteiger partial charge < -0.3 is 35.1 Å². The summed E-state index contributed by atoms with van der Waals surface area (Å²) in [5.74, 6) is -1.23. The van der Waals surface area contributed by atoms with E-state index in [4.69, 9.17) is 19.2 Å². The summed E-state index contributed by atoms with van der Waals surface area (Å²) < 4.78 is 46.7. The summed E-state index contributed by atoms with van der Waals surface area (Å²) in [7, 11) is -4.01. The summed E-state index contributed by atoms with van der Waals surface area (Å²) in [6.45, 7) is 16.3. The Bertz CT molecular complexity index is 2130. The molecule has 2 aliphatic heterocycles. The van der Waals surface area contributed by atoms with Crippen molar-refractivity contribution in [2.45, 2.75) is 153 Å². The molecule has 0 radical (unpaired) electrons. The first-order valence-electron chi connectivity index (χ1n) is 22.1. The van der Waals surface area contributed by atoms with Crippen LogP contribution in [0.5, 0.6) is 11.6 Å². The Kier molecular flexibility index (Phi) is 12.7. The summed E-state index contributed by atoms with van der Waals surface area (Å²) in [5.41, 5.74) is -0.875. The van der Waals surface area contributed by atoms with Gasteiger partial charge in [0.05, 0.1) is 29.0 Å². The smallest absolute Gasteiger partial charge is 0.408 e. The van der Waals surface area contributed by atoms with Crippen LogP contribution in [0.15, 0.2) is 36.9 Å². The van der Waals surface area contributed by atoms with Gasteiger partial charge in [-0.3, -0.25) is 19.1 Å². The maximum absolute atomic E-state index is 14.8. The van der Waals surface area contributed by atoms with Crippen molar-refractivity contribution >= 4 is 44.7 Å². The van der Waals surface area contributed by atoms with Crippen molar-refractivity contribution in [3.63, 3.8) is 0 Å². The molecule has 4 fully saturated rings. The van der Waals surface area contributed by atoms with Gasteiger partial charge >= 0.3 is 6.09 Å². The molecule has 5 aliphatic rings. The van der Waals surface area contributed by atoms with Crippen LogP contribution >= 0.6 is 0 Å². The van der Waals surface area contributed by atoms with E-state index in [1.54, 1.807) is 6.92 Å². The second-order valence-corrected chi connectivity index (χ2v) is 21.6. The Morgan fingerprint density at radius 3 is 2.56 bits per heavy atom. The average Bonchev–Trinajstić information content (AvgIpc) is 4.15. The lowest BCUT2D eigenvalue weighted by atomic mass is 9.85. The second-order valence-electron chi connectivity index (χ2n) is 19.4. The number of ether oxygens (including phenoxy) is 3. The van der Waals surface area contributed by atoms with Crippen LogP contribution in [0.4, 0.5) is 4.79 Å². The highest BCUT2D eigenvalue weighted by Crippen LogP contribution is 2.47. The Balaban J connectivity index is 1.23. The average molecular weight is 865 g/mol. The summed E-state index contributed by atoms with van der Waals surface area (Å²) in [6, 6.07) is 5.87. The van der Waals surface area contributed by atoms with Gasteiger partial charge in [0, 0.05) is 23.8 Å². The van der Waals surface area contributed by atoms with E-state index in [9.17, 15) is 27.6 Å². The van der Waals surface area contributed by atoms with E-state index in [0.717, 1.165) is 56.0 Å². The Labute approximate surface area is 359 Å². The first-order chi connectivity index (χ1) is 28.9. The van der Waals surface area contributed by atoms with Crippen LogP contribution in [-0.4, -0.2) is 102 Å². The highest BCUT2D eigenvalue weighted by atomic mass is 32.2. The molecule has 3 heterocycles. The standard InChI is InChI=1S/C45H64N6O9S/c1-8-29-25-45(29,41(54)50-61(56,57)44(7)19-20-44)49-38(52)34-24-30-26-51(34)40(53)37(43(4,5)6)48-42(55)60-35-23-28(35)15-10-9-11-17-32-36(58-22-14-21-46-27(2)3)31-16-12-13-18-33(31)47-39(32)59-30/h8,12-13,16,18,27-30,34-35,37,46H,1,9-11,14-15,17,19-26H2,2-7H3,(H,48,55)(H,49,52)(H,50,54)/t28-,29-,30-,34+,35-,37-,45-/m1/s1. The zero-order valence-corrected chi connectivity index (χ0v) is 37.3. The minimum Gasteiger partial charge on any atom is -0.492 e. The predicted molar refractivity (Wildman–Crippen MR) is 230 cm³/mol. The van der Waals surface area contributed by atoms with E-state index >= 15 is 0 Å². The van der Waals surface area contributed by atoms with Crippen LogP contribution in [0.3, 0.4) is 0 Å². The van der Waals surface area contributed by atoms with E-state index in [-0.39, 0.29) is 31.4 Å². The molecular weight excluding hydrogens is 801 g/mol. The Morgan fingerprint density at radius 2 is 1.87 bits per heavy atom. The van der Waals surface area contributed by atoms with Gasteiger partial charge in [0.25, 0.3) is 5.91 Å². The molecule has 4 N–H and O–H groups in total. The minimum absolute atomic E-state index is 0.0282. The number of pyridine rings is 1. The highest BCUT2D eigenvalue weighted by Gasteiger charge is 2.63. The number of aromatic nitrogens is 1. The fourth-order valence-electron chi connectivity index (χ4n) is 8.63. The summed E-state index contributed by atoms with van der Waals surface area (Å²) in [4.78, 5) is 63.0. The number of rotatable bonds is 12. The van der Waals surface area contributed by atoms with Gasteiger partial charge in [0.2, 0.25) is 27.7 Å². The van der Waals surface area contributed by atoms with E-state index < -0.39 is 73.6 Å².